The first-order valence-corrected chi connectivity index (χ1v) is 10.1. The van der Waals surface area contributed by atoms with Crippen LogP contribution in [0.3, 0.4) is 0 Å². The van der Waals surface area contributed by atoms with Crippen LogP contribution in [-0.2, 0) is 4.74 Å². The molecule has 1 aliphatic heterocycles. The van der Waals surface area contributed by atoms with Gasteiger partial charge in [0.15, 0.2) is 5.76 Å². The number of amides is 1. The van der Waals surface area contributed by atoms with Crippen molar-refractivity contribution in [2.45, 2.75) is 6.42 Å². The molecule has 1 N–H and O–H groups in total. The second-order valence-corrected chi connectivity index (χ2v) is 7.07. The number of ether oxygens (including phenoxy) is 2. The first kappa shape index (κ1) is 20.2. The van der Waals surface area contributed by atoms with Gasteiger partial charge in [-0.3, -0.25) is 9.69 Å². The van der Waals surface area contributed by atoms with Gasteiger partial charge in [-0.05, 0) is 49.4 Å². The predicted molar refractivity (Wildman–Crippen MR) is 112 cm³/mol. The van der Waals surface area contributed by atoms with Gasteiger partial charge in [0.1, 0.15) is 17.1 Å². The number of carbonyl (C=O) groups is 1. The molecule has 8 nitrogen and oxygen atoms in total. The summed E-state index contributed by atoms with van der Waals surface area (Å²) in [6.45, 7) is 5.00. The van der Waals surface area contributed by atoms with Crippen LogP contribution >= 0.6 is 0 Å². The molecule has 1 fully saturated rings. The molecule has 0 saturated carbocycles. The molecule has 1 saturated heterocycles. The molecule has 0 atom stereocenters. The summed E-state index contributed by atoms with van der Waals surface area (Å²) in [5.41, 5.74) is 1.83. The quantitative estimate of drug-likeness (QED) is 0.575. The van der Waals surface area contributed by atoms with E-state index in [1.54, 1.807) is 30.2 Å². The average molecular weight is 410 g/mol. The lowest BCUT2D eigenvalue weighted by Gasteiger charge is -2.26. The summed E-state index contributed by atoms with van der Waals surface area (Å²) in [6, 6.07) is 12.8. The second-order valence-electron chi connectivity index (χ2n) is 7.07. The normalized spacial score (nSPS) is 14.6. The Kier molecular flexibility index (Phi) is 6.46. The van der Waals surface area contributed by atoms with Crippen molar-refractivity contribution in [2.24, 2.45) is 0 Å². The van der Waals surface area contributed by atoms with Crippen LogP contribution in [0.1, 0.15) is 16.9 Å². The van der Waals surface area contributed by atoms with E-state index >= 15 is 0 Å². The zero-order valence-corrected chi connectivity index (χ0v) is 17.0. The fourth-order valence-corrected chi connectivity index (χ4v) is 3.43. The van der Waals surface area contributed by atoms with Gasteiger partial charge in [0.25, 0.3) is 5.91 Å². The van der Waals surface area contributed by atoms with Gasteiger partial charge in [-0.1, -0.05) is 0 Å². The first-order chi connectivity index (χ1) is 14.7. The lowest BCUT2D eigenvalue weighted by molar-refractivity contribution is 0.0374. The number of nitrogens with one attached hydrogen (secondary N) is 1. The summed E-state index contributed by atoms with van der Waals surface area (Å²) in [5, 5.41) is 7.62. The van der Waals surface area contributed by atoms with Crippen LogP contribution in [0, 0.1) is 0 Å². The molecule has 4 rings (SSSR count). The highest BCUT2D eigenvalue weighted by molar-refractivity contribution is 5.94. The molecule has 3 aromatic rings. The molecule has 8 heteroatoms. The Balaban J connectivity index is 1.47. The van der Waals surface area contributed by atoms with E-state index in [0.29, 0.717) is 23.7 Å². The van der Waals surface area contributed by atoms with Crippen LogP contribution in [0.2, 0.25) is 0 Å². The smallest absolute Gasteiger partial charge is 0.270 e. The first-order valence-electron chi connectivity index (χ1n) is 10.1. The molecular weight excluding hydrogens is 384 g/mol. The molecule has 3 heterocycles. The lowest BCUT2D eigenvalue weighted by Crippen LogP contribution is -2.38. The highest BCUT2D eigenvalue weighted by Crippen LogP contribution is 2.23. The Morgan fingerprint density at radius 1 is 1.20 bits per heavy atom. The Labute approximate surface area is 175 Å². The van der Waals surface area contributed by atoms with Crippen molar-refractivity contribution in [3.63, 3.8) is 0 Å². The molecule has 0 aliphatic carbocycles. The summed E-state index contributed by atoms with van der Waals surface area (Å²) in [7, 11) is 1.62. The third-order valence-corrected chi connectivity index (χ3v) is 5.07. The van der Waals surface area contributed by atoms with Gasteiger partial charge in [-0.15, -0.1) is 0 Å². The molecule has 0 spiro atoms. The molecule has 158 valence electrons. The van der Waals surface area contributed by atoms with Crippen LogP contribution in [0.4, 0.5) is 0 Å². The number of furan rings is 1. The second kappa shape index (κ2) is 9.60. The Morgan fingerprint density at radius 2 is 2.00 bits per heavy atom. The molecule has 1 aliphatic rings. The van der Waals surface area contributed by atoms with Crippen molar-refractivity contribution >= 4 is 5.91 Å². The number of nitrogens with zero attached hydrogens (tertiary/aromatic N) is 3. The summed E-state index contributed by atoms with van der Waals surface area (Å²) in [4.78, 5) is 15.3. The maximum atomic E-state index is 12.9. The monoisotopic (exact) mass is 410 g/mol. The van der Waals surface area contributed by atoms with Gasteiger partial charge in [0.05, 0.1) is 32.3 Å². The third-order valence-electron chi connectivity index (χ3n) is 5.07. The number of rotatable bonds is 8. The zero-order chi connectivity index (χ0) is 20.8. The SMILES string of the molecule is COc1ccc(-n2nc(-c3ccco3)cc2C(=O)NCCCN2CCOCC2)cc1. The van der Waals surface area contributed by atoms with Crippen molar-refractivity contribution in [1.82, 2.24) is 20.0 Å². The standard InChI is InChI=1S/C22H26N4O4/c1-28-18-7-5-17(6-8-18)26-20(16-19(24-26)21-4-2-13-30-21)22(27)23-9-3-10-25-11-14-29-15-12-25/h2,4-8,13,16H,3,9-12,14-15H2,1H3,(H,23,27). The van der Waals surface area contributed by atoms with Crippen molar-refractivity contribution in [3.05, 3.63) is 54.4 Å². The number of aromatic nitrogens is 2. The molecular formula is C22H26N4O4. The summed E-state index contributed by atoms with van der Waals surface area (Å²) in [6.07, 6.45) is 2.47. The molecule has 30 heavy (non-hydrogen) atoms. The van der Waals surface area contributed by atoms with Crippen LogP contribution in [0.15, 0.2) is 53.1 Å². The average Bonchev–Trinajstić information content (AvgIpc) is 3.47. The van der Waals surface area contributed by atoms with E-state index in [2.05, 4.69) is 15.3 Å². The van der Waals surface area contributed by atoms with Crippen molar-refractivity contribution in [1.29, 1.82) is 0 Å². The molecule has 0 bridgehead atoms. The van der Waals surface area contributed by atoms with E-state index < -0.39 is 0 Å². The molecule has 0 unspecified atom stereocenters. The van der Waals surface area contributed by atoms with Gasteiger partial charge in [-0.2, -0.15) is 5.10 Å². The zero-order valence-electron chi connectivity index (χ0n) is 17.0. The van der Waals surface area contributed by atoms with Crippen LogP contribution in [0.25, 0.3) is 17.1 Å². The fraction of sp³-hybridized carbons (Fsp3) is 0.364. The maximum absolute atomic E-state index is 12.9. The van der Waals surface area contributed by atoms with E-state index in [9.17, 15) is 4.79 Å². The van der Waals surface area contributed by atoms with Gasteiger partial charge in [-0.25, -0.2) is 4.68 Å². The van der Waals surface area contributed by atoms with Crippen LogP contribution in [0.5, 0.6) is 5.75 Å². The van der Waals surface area contributed by atoms with Gasteiger partial charge >= 0.3 is 0 Å². The number of benzene rings is 1. The largest absolute Gasteiger partial charge is 0.497 e. The highest BCUT2D eigenvalue weighted by atomic mass is 16.5. The fourth-order valence-electron chi connectivity index (χ4n) is 3.43. The Morgan fingerprint density at radius 3 is 2.70 bits per heavy atom. The van der Waals surface area contributed by atoms with E-state index in [-0.39, 0.29) is 5.91 Å². The highest BCUT2D eigenvalue weighted by Gasteiger charge is 2.19. The van der Waals surface area contributed by atoms with Crippen molar-refractivity contribution in [2.75, 3.05) is 46.5 Å². The van der Waals surface area contributed by atoms with Crippen molar-refractivity contribution in [3.8, 4) is 22.9 Å². The summed E-state index contributed by atoms with van der Waals surface area (Å²) in [5.74, 6) is 1.19. The van der Waals surface area contributed by atoms with Crippen LogP contribution in [-0.4, -0.2) is 67.1 Å². The molecule has 1 amide bonds. The van der Waals surface area contributed by atoms with E-state index in [4.69, 9.17) is 13.9 Å². The molecule has 0 radical (unpaired) electrons. The summed E-state index contributed by atoms with van der Waals surface area (Å²) >= 11 is 0. The minimum Gasteiger partial charge on any atom is -0.497 e. The minimum absolute atomic E-state index is 0.168. The lowest BCUT2D eigenvalue weighted by atomic mass is 10.2. The summed E-state index contributed by atoms with van der Waals surface area (Å²) < 4.78 is 17.7. The maximum Gasteiger partial charge on any atom is 0.270 e. The molecule has 1 aromatic carbocycles. The number of methoxy groups -OCH3 is 1. The number of hydrogen-bond acceptors (Lipinski definition) is 6. The third kappa shape index (κ3) is 4.72. The topological polar surface area (TPSA) is 81.8 Å². The Bertz CT molecular complexity index is 944. The van der Waals surface area contributed by atoms with E-state index in [1.807, 2.05) is 30.3 Å². The van der Waals surface area contributed by atoms with Crippen molar-refractivity contribution < 1.29 is 18.7 Å². The van der Waals surface area contributed by atoms with Gasteiger partial charge in [0.2, 0.25) is 0 Å². The number of morpholine rings is 1. The van der Waals surface area contributed by atoms with E-state index in [1.165, 1.54) is 0 Å². The van der Waals surface area contributed by atoms with Crippen LogP contribution < -0.4 is 10.1 Å². The number of hydrogen-bond donors (Lipinski definition) is 1. The number of carbonyl (C=O) groups excluding carboxylic acids is 1. The van der Waals surface area contributed by atoms with Gasteiger partial charge < -0.3 is 19.2 Å². The molecule has 2 aromatic heterocycles. The Hall–Kier alpha value is -3.10. The van der Waals surface area contributed by atoms with Gasteiger partial charge in [0, 0.05) is 25.7 Å². The van der Waals surface area contributed by atoms with E-state index in [0.717, 1.165) is 50.7 Å². The predicted octanol–water partition coefficient (Wildman–Crippen LogP) is 2.59. The minimum atomic E-state index is -0.168.